The van der Waals surface area contributed by atoms with Crippen molar-refractivity contribution < 1.29 is 19.4 Å². The topological polar surface area (TPSA) is 75.6 Å². The summed E-state index contributed by atoms with van der Waals surface area (Å²) in [5.41, 5.74) is -1.37. The smallest absolute Gasteiger partial charge is 0.324 e. The second-order valence-corrected chi connectivity index (χ2v) is 3.16. The molecule has 0 amide bonds. The number of hydrogen-bond acceptors (Lipinski definition) is 4. The van der Waals surface area contributed by atoms with Gasteiger partial charge in [0.15, 0.2) is 5.41 Å². The van der Waals surface area contributed by atoms with Crippen LogP contribution in [0.25, 0.3) is 0 Å². The van der Waals surface area contributed by atoms with E-state index in [2.05, 4.69) is 10.1 Å². The lowest BCUT2D eigenvalue weighted by molar-refractivity contribution is -0.168. The van der Waals surface area contributed by atoms with Gasteiger partial charge < -0.3 is 15.2 Å². The minimum absolute atomic E-state index is 0.162. The Morgan fingerprint density at radius 2 is 2.23 bits per heavy atom. The number of carbonyl (C=O) groups excluding carboxylic acids is 1. The van der Waals surface area contributed by atoms with E-state index in [9.17, 15) is 9.59 Å². The first-order valence-corrected chi connectivity index (χ1v) is 4.16. The maximum atomic E-state index is 11.3. The van der Waals surface area contributed by atoms with Gasteiger partial charge in [0.2, 0.25) is 0 Å². The molecule has 0 saturated carbocycles. The average Bonchev–Trinajstić information content (AvgIpc) is 2.17. The number of hydrogen-bond donors (Lipinski definition) is 2. The van der Waals surface area contributed by atoms with Crippen LogP contribution in [0.15, 0.2) is 0 Å². The van der Waals surface area contributed by atoms with Gasteiger partial charge in [0.05, 0.1) is 7.11 Å². The van der Waals surface area contributed by atoms with Gasteiger partial charge >= 0.3 is 11.9 Å². The second-order valence-electron chi connectivity index (χ2n) is 3.16. The molecule has 0 aromatic heterocycles. The van der Waals surface area contributed by atoms with E-state index >= 15 is 0 Å². The largest absolute Gasteiger partial charge is 0.480 e. The van der Waals surface area contributed by atoms with Gasteiger partial charge in [0, 0.05) is 6.54 Å². The third-order valence-electron chi connectivity index (χ3n) is 2.37. The number of methoxy groups -OCH3 is 1. The van der Waals surface area contributed by atoms with Gasteiger partial charge in [-0.25, -0.2) is 0 Å². The van der Waals surface area contributed by atoms with Crippen molar-refractivity contribution in [3.8, 4) is 0 Å². The van der Waals surface area contributed by atoms with E-state index in [-0.39, 0.29) is 6.54 Å². The van der Waals surface area contributed by atoms with Crippen molar-refractivity contribution in [1.82, 2.24) is 5.32 Å². The van der Waals surface area contributed by atoms with E-state index in [0.717, 1.165) is 6.54 Å². The number of aliphatic carboxylic acids is 1. The summed E-state index contributed by atoms with van der Waals surface area (Å²) in [6.45, 7) is 0.918. The van der Waals surface area contributed by atoms with Gasteiger partial charge in [-0.15, -0.1) is 0 Å². The highest BCUT2D eigenvalue weighted by molar-refractivity contribution is 5.99. The fourth-order valence-corrected chi connectivity index (χ4v) is 1.54. The number of carboxylic acid groups (broad SMARTS) is 1. The molecule has 1 saturated heterocycles. The number of piperidine rings is 1. The van der Waals surface area contributed by atoms with Crippen molar-refractivity contribution in [2.45, 2.75) is 12.8 Å². The summed E-state index contributed by atoms with van der Waals surface area (Å²) in [6.07, 6.45) is 1.03. The summed E-state index contributed by atoms with van der Waals surface area (Å²) < 4.78 is 4.49. The van der Waals surface area contributed by atoms with E-state index in [1.807, 2.05) is 0 Å². The molecular weight excluding hydrogens is 174 g/mol. The van der Waals surface area contributed by atoms with Crippen LogP contribution >= 0.6 is 0 Å². The zero-order chi connectivity index (χ0) is 9.90. The van der Waals surface area contributed by atoms with Crippen LogP contribution in [-0.4, -0.2) is 37.2 Å². The first-order chi connectivity index (χ1) is 6.13. The molecule has 1 aliphatic rings. The third-order valence-corrected chi connectivity index (χ3v) is 2.37. The minimum Gasteiger partial charge on any atom is -0.480 e. The Morgan fingerprint density at radius 3 is 2.62 bits per heavy atom. The number of carbonyl (C=O) groups is 2. The number of carboxylic acids is 1. The van der Waals surface area contributed by atoms with Gasteiger partial charge in [0.25, 0.3) is 0 Å². The Bertz CT molecular complexity index is 220. The van der Waals surface area contributed by atoms with Crippen LogP contribution in [0.4, 0.5) is 0 Å². The highest BCUT2D eigenvalue weighted by Crippen LogP contribution is 2.27. The second kappa shape index (κ2) is 3.74. The lowest BCUT2D eigenvalue weighted by Gasteiger charge is -2.30. The fourth-order valence-electron chi connectivity index (χ4n) is 1.54. The van der Waals surface area contributed by atoms with Crippen LogP contribution in [0.3, 0.4) is 0 Å². The molecule has 0 spiro atoms. The van der Waals surface area contributed by atoms with Gasteiger partial charge in [0.1, 0.15) is 0 Å². The minimum atomic E-state index is -1.37. The molecule has 1 heterocycles. The lowest BCUT2D eigenvalue weighted by atomic mass is 9.81. The average molecular weight is 187 g/mol. The Kier molecular flexibility index (Phi) is 2.87. The van der Waals surface area contributed by atoms with Crippen molar-refractivity contribution >= 4 is 11.9 Å². The van der Waals surface area contributed by atoms with Crippen LogP contribution in [0.2, 0.25) is 0 Å². The summed E-state index contributed by atoms with van der Waals surface area (Å²) in [7, 11) is 1.21. The van der Waals surface area contributed by atoms with Gasteiger partial charge in [-0.05, 0) is 19.4 Å². The molecule has 0 aromatic rings. The molecule has 0 aliphatic carbocycles. The monoisotopic (exact) mass is 187 g/mol. The summed E-state index contributed by atoms with van der Waals surface area (Å²) in [6, 6.07) is 0. The first kappa shape index (κ1) is 9.98. The predicted octanol–water partition coefficient (Wildman–Crippen LogP) is -0.386. The molecule has 0 aromatic carbocycles. The SMILES string of the molecule is COC(=O)C1(C(=O)O)CCCNC1. The van der Waals surface area contributed by atoms with E-state index in [1.54, 1.807) is 0 Å². The predicted molar refractivity (Wildman–Crippen MR) is 44.2 cm³/mol. The molecule has 5 nitrogen and oxygen atoms in total. The van der Waals surface area contributed by atoms with Gasteiger partial charge in [-0.3, -0.25) is 9.59 Å². The van der Waals surface area contributed by atoms with E-state index < -0.39 is 17.4 Å². The van der Waals surface area contributed by atoms with Crippen molar-refractivity contribution in [3.63, 3.8) is 0 Å². The molecule has 1 fully saturated rings. The molecular formula is C8H13NO4. The zero-order valence-electron chi connectivity index (χ0n) is 7.50. The summed E-state index contributed by atoms with van der Waals surface area (Å²) in [4.78, 5) is 22.2. The van der Waals surface area contributed by atoms with Gasteiger partial charge in [-0.2, -0.15) is 0 Å². The van der Waals surface area contributed by atoms with Crippen LogP contribution in [0, 0.1) is 5.41 Å². The molecule has 2 N–H and O–H groups in total. The highest BCUT2D eigenvalue weighted by atomic mass is 16.5. The molecule has 1 atom stereocenters. The standard InChI is InChI=1S/C8H13NO4/c1-13-7(12)8(6(10)11)3-2-4-9-5-8/h9H,2-5H2,1H3,(H,10,11). The third kappa shape index (κ3) is 1.65. The normalized spacial score (nSPS) is 28.1. The maximum absolute atomic E-state index is 11.3. The van der Waals surface area contributed by atoms with Crippen LogP contribution < -0.4 is 5.32 Å². The number of esters is 1. The Hall–Kier alpha value is -1.10. The molecule has 1 unspecified atom stereocenters. The first-order valence-electron chi connectivity index (χ1n) is 4.16. The number of nitrogens with one attached hydrogen (secondary N) is 1. The van der Waals surface area contributed by atoms with Gasteiger partial charge in [-0.1, -0.05) is 0 Å². The van der Waals surface area contributed by atoms with E-state index in [0.29, 0.717) is 12.8 Å². The quantitative estimate of drug-likeness (QED) is 0.455. The van der Waals surface area contributed by atoms with Crippen molar-refractivity contribution in [2.75, 3.05) is 20.2 Å². The van der Waals surface area contributed by atoms with Crippen molar-refractivity contribution in [3.05, 3.63) is 0 Å². The zero-order valence-corrected chi connectivity index (χ0v) is 7.50. The summed E-state index contributed by atoms with van der Waals surface area (Å²) in [5, 5.41) is 11.8. The molecule has 0 radical (unpaired) electrons. The Labute approximate surface area is 76.1 Å². The van der Waals surface area contributed by atoms with Crippen LogP contribution in [-0.2, 0) is 14.3 Å². The van der Waals surface area contributed by atoms with E-state index in [1.165, 1.54) is 7.11 Å². The molecule has 1 rings (SSSR count). The van der Waals surface area contributed by atoms with Crippen LogP contribution in [0.1, 0.15) is 12.8 Å². The summed E-state index contributed by atoms with van der Waals surface area (Å²) in [5.74, 6) is -1.77. The number of ether oxygens (including phenoxy) is 1. The van der Waals surface area contributed by atoms with Crippen molar-refractivity contribution in [1.29, 1.82) is 0 Å². The fraction of sp³-hybridized carbons (Fsp3) is 0.750. The van der Waals surface area contributed by atoms with Crippen molar-refractivity contribution in [2.24, 2.45) is 5.41 Å². The van der Waals surface area contributed by atoms with E-state index in [4.69, 9.17) is 5.11 Å². The molecule has 74 valence electrons. The van der Waals surface area contributed by atoms with Crippen LogP contribution in [0.5, 0.6) is 0 Å². The molecule has 0 bridgehead atoms. The Balaban J connectivity index is 2.85. The molecule has 1 aliphatic heterocycles. The number of rotatable bonds is 2. The molecule has 13 heavy (non-hydrogen) atoms. The summed E-state index contributed by atoms with van der Waals surface area (Å²) >= 11 is 0. The lowest BCUT2D eigenvalue weighted by Crippen LogP contribution is -2.51. The maximum Gasteiger partial charge on any atom is 0.324 e. The Morgan fingerprint density at radius 1 is 1.54 bits per heavy atom. The molecule has 5 heteroatoms. The highest BCUT2D eigenvalue weighted by Gasteiger charge is 2.48.